The smallest absolute Gasteiger partial charge is 0.265 e. The maximum absolute atomic E-state index is 12.0. The minimum absolute atomic E-state index is 0.0322. The highest BCUT2D eigenvalue weighted by Crippen LogP contribution is 2.20. The predicted molar refractivity (Wildman–Crippen MR) is 57.0 cm³/mol. The molecule has 7 heteroatoms. The van der Waals surface area contributed by atoms with Crippen LogP contribution < -0.4 is 0 Å². The minimum atomic E-state index is -3.75. The molecule has 0 aromatic heterocycles. The van der Waals surface area contributed by atoms with Gasteiger partial charge in [0.1, 0.15) is 0 Å². The van der Waals surface area contributed by atoms with Gasteiger partial charge in [-0.3, -0.25) is 4.84 Å². The Labute approximate surface area is 98.7 Å². The fraction of sp³-hybridized carbons (Fsp3) is 0.300. The summed E-state index contributed by atoms with van der Waals surface area (Å²) in [6.07, 6.45) is -0.803. The van der Waals surface area contributed by atoms with Crippen molar-refractivity contribution in [2.45, 2.75) is 11.0 Å². The number of benzene rings is 1. The summed E-state index contributed by atoms with van der Waals surface area (Å²) < 4.78 is 24.7. The Hall–Kier alpha value is -1.46. The molecule has 0 amide bonds. The lowest BCUT2D eigenvalue weighted by molar-refractivity contribution is -0.0316. The molecule has 0 bridgehead atoms. The summed E-state index contributed by atoms with van der Waals surface area (Å²) in [6.45, 7) is -0.113. The maximum Gasteiger partial charge on any atom is 0.265 e. The van der Waals surface area contributed by atoms with E-state index in [4.69, 9.17) is 10.1 Å². The van der Waals surface area contributed by atoms with Gasteiger partial charge in [0, 0.05) is 0 Å². The highest BCUT2D eigenvalue weighted by Gasteiger charge is 2.33. The summed E-state index contributed by atoms with van der Waals surface area (Å²) in [5.74, 6) is 0. The lowest BCUT2D eigenvalue weighted by Crippen LogP contribution is -2.28. The Morgan fingerprint density at radius 3 is 2.53 bits per heavy atom. The van der Waals surface area contributed by atoms with Gasteiger partial charge in [0.05, 0.1) is 35.8 Å². The lowest BCUT2D eigenvalue weighted by Gasteiger charge is -2.13. The van der Waals surface area contributed by atoms with Crippen LogP contribution in [0.15, 0.2) is 29.2 Å². The standard InChI is InChI=1S/C10H10N2O4S/c11-5-8-1-3-10(4-2-8)17(14,15)12-6-9(13)7-16-12/h1-4,9,13H,6-7H2/t9-/m1/s1. The molecule has 1 aromatic carbocycles. The second-order valence-corrected chi connectivity index (χ2v) is 5.40. The summed E-state index contributed by atoms with van der Waals surface area (Å²) in [5, 5.41) is 17.8. The highest BCUT2D eigenvalue weighted by molar-refractivity contribution is 7.89. The van der Waals surface area contributed by atoms with Crippen molar-refractivity contribution < 1.29 is 18.4 Å². The molecule has 0 unspecified atom stereocenters. The van der Waals surface area contributed by atoms with Crippen LogP contribution in [0, 0.1) is 11.3 Å². The van der Waals surface area contributed by atoms with Crippen molar-refractivity contribution in [1.82, 2.24) is 4.47 Å². The first kappa shape index (κ1) is 12.0. The molecule has 17 heavy (non-hydrogen) atoms. The molecule has 1 aromatic rings. The Morgan fingerprint density at radius 2 is 2.06 bits per heavy atom. The van der Waals surface area contributed by atoms with Crippen molar-refractivity contribution in [1.29, 1.82) is 5.26 Å². The SMILES string of the molecule is N#Cc1ccc(S(=O)(=O)N2C[C@@H](O)CO2)cc1. The predicted octanol–water partition coefficient (Wildman–Crippen LogP) is -0.145. The van der Waals surface area contributed by atoms with Crippen LogP contribution >= 0.6 is 0 Å². The quantitative estimate of drug-likeness (QED) is 0.793. The third kappa shape index (κ3) is 2.30. The molecule has 1 heterocycles. The fourth-order valence-corrected chi connectivity index (χ4v) is 2.72. The number of nitriles is 1. The van der Waals surface area contributed by atoms with E-state index in [1.807, 2.05) is 6.07 Å². The van der Waals surface area contributed by atoms with Crippen LogP contribution in [0.1, 0.15) is 5.56 Å². The lowest BCUT2D eigenvalue weighted by atomic mass is 10.2. The van der Waals surface area contributed by atoms with E-state index in [1.54, 1.807) is 0 Å². The van der Waals surface area contributed by atoms with Crippen LogP contribution in [0.5, 0.6) is 0 Å². The van der Waals surface area contributed by atoms with E-state index in [9.17, 15) is 13.5 Å². The van der Waals surface area contributed by atoms with E-state index in [0.29, 0.717) is 5.56 Å². The average molecular weight is 254 g/mol. The second-order valence-electron chi connectivity index (χ2n) is 3.58. The molecule has 1 N–H and O–H groups in total. The van der Waals surface area contributed by atoms with E-state index in [0.717, 1.165) is 4.47 Å². The van der Waals surface area contributed by atoms with Gasteiger partial charge in [0.2, 0.25) is 0 Å². The number of aliphatic hydroxyl groups is 1. The Bertz CT molecular complexity index is 547. The molecular weight excluding hydrogens is 244 g/mol. The first-order valence-corrected chi connectivity index (χ1v) is 6.32. The van der Waals surface area contributed by atoms with Gasteiger partial charge < -0.3 is 5.11 Å². The van der Waals surface area contributed by atoms with E-state index >= 15 is 0 Å². The van der Waals surface area contributed by atoms with Crippen LogP contribution in [0.25, 0.3) is 0 Å². The van der Waals surface area contributed by atoms with Gasteiger partial charge in [0.15, 0.2) is 0 Å². The molecule has 1 saturated heterocycles. The van der Waals surface area contributed by atoms with E-state index < -0.39 is 16.1 Å². The Morgan fingerprint density at radius 1 is 1.41 bits per heavy atom. The van der Waals surface area contributed by atoms with Gasteiger partial charge in [-0.2, -0.15) is 5.26 Å². The zero-order chi connectivity index (χ0) is 12.5. The molecule has 1 aliphatic heterocycles. The first-order valence-electron chi connectivity index (χ1n) is 4.88. The van der Waals surface area contributed by atoms with Gasteiger partial charge in [0.25, 0.3) is 10.0 Å². The van der Waals surface area contributed by atoms with Gasteiger partial charge >= 0.3 is 0 Å². The third-order valence-electron chi connectivity index (χ3n) is 2.32. The zero-order valence-corrected chi connectivity index (χ0v) is 9.59. The number of aliphatic hydroxyl groups excluding tert-OH is 1. The summed E-state index contributed by atoms with van der Waals surface area (Å²) in [4.78, 5) is 4.90. The first-order chi connectivity index (χ1) is 8.04. The summed E-state index contributed by atoms with van der Waals surface area (Å²) in [7, 11) is -3.75. The summed E-state index contributed by atoms with van der Waals surface area (Å²) in [5.41, 5.74) is 0.381. The number of rotatable bonds is 2. The molecule has 6 nitrogen and oxygen atoms in total. The molecule has 1 atom stereocenters. The van der Waals surface area contributed by atoms with Crippen LogP contribution in [-0.4, -0.2) is 37.2 Å². The molecule has 2 rings (SSSR count). The number of nitrogens with zero attached hydrogens (tertiary/aromatic N) is 2. The fourth-order valence-electron chi connectivity index (χ4n) is 1.43. The number of sulfonamides is 1. The number of β-amino-alcohol motifs (C(OH)–C–C–N with tert-alkyl or cyclic N) is 1. The molecule has 0 radical (unpaired) electrons. The molecule has 0 spiro atoms. The van der Waals surface area contributed by atoms with Crippen molar-refractivity contribution in [3.05, 3.63) is 29.8 Å². The van der Waals surface area contributed by atoms with Gasteiger partial charge in [-0.05, 0) is 24.3 Å². The summed E-state index contributed by atoms with van der Waals surface area (Å²) in [6, 6.07) is 7.41. The van der Waals surface area contributed by atoms with Crippen LogP contribution in [0.3, 0.4) is 0 Å². The van der Waals surface area contributed by atoms with Crippen molar-refractivity contribution in [2.75, 3.05) is 13.2 Å². The monoisotopic (exact) mass is 254 g/mol. The largest absolute Gasteiger partial charge is 0.389 e. The molecule has 90 valence electrons. The van der Waals surface area contributed by atoms with E-state index in [1.165, 1.54) is 24.3 Å². The second kappa shape index (κ2) is 4.43. The van der Waals surface area contributed by atoms with Gasteiger partial charge in [-0.15, -0.1) is 0 Å². The van der Waals surface area contributed by atoms with Crippen molar-refractivity contribution in [3.63, 3.8) is 0 Å². The average Bonchev–Trinajstić information content (AvgIpc) is 2.77. The minimum Gasteiger partial charge on any atom is -0.389 e. The molecule has 1 fully saturated rings. The Balaban J connectivity index is 2.29. The van der Waals surface area contributed by atoms with Crippen molar-refractivity contribution in [3.8, 4) is 6.07 Å². The zero-order valence-electron chi connectivity index (χ0n) is 8.78. The van der Waals surface area contributed by atoms with Crippen molar-refractivity contribution in [2.24, 2.45) is 0 Å². The van der Waals surface area contributed by atoms with Crippen molar-refractivity contribution >= 4 is 10.0 Å². The highest BCUT2D eigenvalue weighted by atomic mass is 32.2. The molecule has 0 saturated carbocycles. The van der Waals surface area contributed by atoms with Crippen LogP contribution in [0.2, 0.25) is 0 Å². The maximum atomic E-state index is 12.0. The normalized spacial score (nSPS) is 21.3. The van der Waals surface area contributed by atoms with E-state index in [2.05, 4.69) is 0 Å². The molecule has 0 aliphatic carbocycles. The van der Waals surface area contributed by atoms with E-state index in [-0.39, 0.29) is 18.0 Å². The molecular formula is C10H10N2O4S. The number of hydrogen-bond donors (Lipinski definition) is 1. The molecule has 1 aliphatic rings. The van der Waals surface area contributed by atoms with Gasteiger partial charge in [-0.25, -0.2) is 8.42 Å². The van der Waals surface area contributed by atoms with Crippen LogP contribution in [-0.2, 0) is 14.9 Å². The number of hydrogen-bond acceptors (Lipinski definition) is 5. The topological polar surface area (TPSA) is 90.6 Å². The number of hydroxylamine groups is 1. The van der Waals surface area contributed by atoms with Gasteiger partial charge in [-0.1, -0.05) is 4.47 Å². The van der Waals surface area contributed by atoms with Crippen LogP contribution in [0.4, 0.5) is 0 Å². The Kier molecular flexibility index (Phi) is 3.13. The third-order valence-corrected chi connectivity index (χ3v) is 3.98. The summed E-state index contributed by atoms with van der Waals surface area (Å²) >= 11 is 0.